The van der Waals surface area contributed by atoms with Gasteiger partial charge in [0.25, 0.3) is 0 Å². The molecule has 0 spiro atoms. The van der Waals surface area contributed by atoms with Gasteiger partial charge in [-0.2, -0.15) is 0 Å². The second-order valence-electron chi connectivity index (χ2n) is 4.83. The lowest BCUT2D eigenvalue weighted by Gasteiger charge is -2.16. The van der Waals surface area contributed by atoms with Gasteiger partial charge >= 0.3 is 5.97 Å². The predicted octanol–water partition coefficient (Wildman–Crippen LogP) is 2.00. The monoisotopic (exact) mass is 284 g/mol. The van der Waals surface area contributed by atoms with Gasteiger partial charge in [-0.25, -0.2) is 0 Å². The van der Waals surface area contributed by atoms with Gasteiger partial charge in [-0.15, -0.1) is 0 Å². The fraction of sp³-hybridized carbons (Fsp3) is 0.294. The molecule has 1 heterocycles. The molecule has 0 aliphatic heterocycles. The quantitative estimate of drug-likeness (QED) is 0.790. The molecule has 2 rings (SSSR count). The number of nitrogens with zero attached hydrogens (tertiary/aromatic N) is 1. The Morgan fingerprint density at radius 3 is 2.52 bits per heavy atom. The number of aromatic nitrogens is 1. The molecule has 4 heteroatoms. The van der Waals surface area contributed by atoms with E-state index in [1.54, 1.807) is 12.4 Å². The Kier molecular flexibility index (Phi) is 5.91. The highest BCUT2D eigenvalue weighted by Gasteiger charge is 2.18. The van der Waals surface area contributed by atoms with Crippen LogP contribution in [-0.2, 0) is 22.4 Å². The van der Waals surface area contributed by atoms with Crippen molar-refractivity contribution in [1.29, 1.82) is 0 Å². The number of carbonyl (C=O) groups is 1. The molecule has 0 fully saturated rings. The maximum Gasteiger partial charge on any atom is 0.323 e. The van der Waals surface area contributed by atoms with E-state index in [-0.39, 0.29) is 12.0 Å². The van der Waals surface area contributed by atoms with Crippen molar-refractivity contribution in [3.05, 3.63) is 66.0 Å². The number of hydrogen-bond donors (Lipinski definition) is 1. The van der Waals surface area contributed by atoms with Crippen molar-refractivity contribution in [3.63, 3.8) is 0 Å². The van der Waals surface area contributed by atoms with E-state index in [2.05, 4.69) is 10.3 Å². The van der Waals surface area contributed by atoms with Gasteiger partial charge < -0.3 is 10.1 Å². The second-order valence-corrected chi connectivity index (χ2v) is 4.83. The van der Waals surface area contributed by atoms with Gasteiger partial charge in [0.15, 0.2) is 0 Å². The number of esters is 1. The number of hydrogen-bond acceptors (Lipinski definition) is 4. The fourth-order valence-corrected chi connectivity index (χ4v) is 2.17. The van der Waals surface area contributed by atoms with Crippen LogP contribution in [0.2, 0.25) is 0 Å². The Morgan fingerprint density at radius 2 is 1.86 bits per heavy atom. The van der Waals surface area contributed by atoms with Gasteiger partial charge in [-0.05, 0) is 42.6 Å². The molecule has 0 aliphatic rings. The Labute approximate surface area is 125 Å². The van der Waals surface area contributed by atoms with Crippen molar-refractivity contribution in [2.75, 3.05) is 13.7 Å². The van der Waals surface area contributed by atoms with Gasteiger partial charge in [0.05, 0.1) is 7.11 Å². The normalized spacial score (nSPS) is 11.9. The zero-order chi connectivity index (χ0) is 14.9. The van der Waals surface area contributed by atoms with Crippen LogP contribution in [0, 0.1) is 0 Å². The molecule has 4 nitrogen and oxygen atoms in total. The zero-order valence-electron chi connectivity index (χ0n) is 12.2. The summed E-state index contributed by atoms with van der Waals surface area (Å²) >= 11 is 0. The summed E-state index contributed by atoms with van der Waals surface area (Å²) in [6.07, 6.45) is 5.03. The Bertz CT molecular complexity index is 543. The average molecular weight is 284 g/mol. The standard InChI is InChI=1S/C17H20N2O2/c1-21-17(20)16(13-15-5-3-2-4-6-15)19-12-9-14-7-10-18-11-8-14/h2-8,10-11,16,19H,9,12-13H2,1H3. The first kappa shape index (κ1) is 15.2. The lowest BCUT2D eigenvalue weighted by molar-refractivity contribution is -0.143. The van der Waals surface area contributed by atoms with Crippen LogP contribution in [0.5, 0.6) is 0 Å². The van der Waals surface area contributed by atoms with Gasteiger partial charge in [0.1, 0.15) is 6.04 Å². The van der Waals surface area contributed by atoms with Crippen LogP contribution in [0.15, 0.2) is 54.9 Å². The molecule has 0 saturated carbocycles. The molecule has 2 aromatic rings. The summed E-state index contributed by atoms with van der Waals surface area (Å²) in [5.74, 6) is -0.228. The van der Waals surface area contributed by atoms with Gasteiger partial charge in [0.2, 0.25) is 0 Å². The molecular formula is C17H20N2O2. The van der Waals surface area contributed by atoms with E-state index < -0.39 is 0 Å². The molecule has 1 N–H and O–H groups in total. The summed E-state index contributed by atoms with van der Waals surface area (Å²) in [5.41, 5.74) is 2.31. The van der Waals surface area contributed by atoms with Crippen LogP contribution in [0.3, 0.4) is 0 Å². The van der Waals surface area contributed by atoms with Crippen molar-refractivity contribution in [2.24, 2.45) is 0 Å². The molecule has 0 saturated heterocycles. The molecule has 0 amide bonds. The van der Waals surface area contributed by atoms with Crippen molar-refractivity contribution in [2.45, 2.75) is 18.9 Å². The number of carbonyl (C=O) groups excluding carboxylic acids is 1. The summed E-state index contributed by atoms with van der Waals surface area (Å²) in [6, 6.07) is 13.6. The van der Waals surface area contributed by atoms with Crippen LogP contribution in [0.25, 0.3) is 0 Å². The van der Waals surface area contributed by atoms with Crippen molar-refractivity contribution in [1.82, 2.24) is 10.3 Å². The van der Waals surface area contributed by atoms with Gasteiger partial charge in [-0.3, -0.25) is 9.78 Å². The van der Waals surface area contributed by atoms with Crippen LogP contribution in [0.1, 0.15) is 11.1 Å². The molecule has 0 bridgehead atoms. The maximum absolute atomic E-state index is 11.9. The van der Waals surface area contributed by atoms with Gasteiger partial charge in [0, 0.05) is 12.4 Å². The maximum atomic E-state index is 11.9. The lowest BCUT2D eigenvalue weighted by atomic mass is 10.1. The first-order valence-electron chi connectivity index (χ1n) is 7.03. The summed E-state index contributed by atoms with van der Waals surface area (Å²) in [7, 11) is 1.42. The highest BCUT2D eigenvalue weighted by molar-refractivity contribution is 5.76. The third kappa shape index (κ3) is 5.00. The van der Waals surface area contributed by atoms with Crippen molar-refractivity contribution in [3.8, 4) is 0 Å². The van der Waals surface area contributed by atoms with E-state index >= 15 is 0 Å². The molecule has 0 radical (unpaired) electrons. The summed E-state index contributed by atoms with van der Waals surface area (Å²) < 4.78 is 4.88. The minimum absolute atomic E-state index is 0.228. The number of ether oxygens (including phenoxy) is 1. The summed E-state index contributed by atoms with van der Waals surface area (Å²) in [6.45, 7) is 0.719. The SMILES string of the molecule is COC(=O)C(Cc1ccccc1)NCCc1ccncc1. The van der Waals surface area contributed by atoms with Crippen molar-refractivity contribution < 1.29 is 9.53 Å². The van der Waals surface area contributed by atoms with E-state index in [9.17, 15) is 4.79 Å². The van der Waals surface area contributed by atoms with Crippen LogP contribution in [0.4, 0.5) is 0 Å². The minimum Gasteiger partial charge on any atom is -0.468 e. The summed E-state index contributed by atoms with van der Waals surface area (Å²) in [5, 5.41) is 3.27. The van der Waals surface area contributed by atoms with Gasteiger partial charge in [-0.1, -0.05) is 30.3 Å². The first-order valence-corrected chi connectivity index (χ1v) is 7.03. The third-order valence-corrected chi connectivity index (χ3v) is 3.32. The Balaban J connectivity index is 1.89. The fourth-order valence-electron chi connectivity index (χ4n) is 2.17. The lowest BCUT2D eigenvalue weighted by Crippen LogP contribution is -2.40. The topological polar surface area (TPSA) is 51.2 Å². The summed E-state index contributed by atoms with van der Waals surface area (Å²) in [4.78, 5) is 15.9. The molecule has 1 aromatic carbocycles. The van der Waals surface area contributed by atoms with Crippen LogP contribution in [-0.4, -0.2) is 30.6 Å². The van der Waals surface area contributed by atoms with E-state index in [0.29, 0.717) is 6.42 Å². The first-order chi connectivity index (χ1) is 10.3. The largest absolute Gasteiger partial charge is 0.468 e. The number of pyridine rings is 1. The molecule has 1 aromatic heterocycles. The van der Waals surface area contributed by atoms with E-state index in [1.807, 2.05) is 42.5 Å². The molecule has 110 valence electrons. The number of rotatable bonds is 7. The molecule has 21 heavy (non-hydrogen) atoms. The number of benzene rings is 1. The molecule has 0 aliphatic carbocycles. The Hall–Kier alpha value is -2.20. The third-order valence-electron chi connectivity index (χ3n) is 3.32. The smallest absolute Gasteiger partial charge is 0.323 e. The number of methoxy groups -OCH3 is 1. The molecule has 1 atom stereocenters. The van der Waals surface area contributed by atoms with E-state index in [1.165, 1.54) is 12.7 Å². The van der Waals surface area contributed by atoms with Crippen LogP contribution < -0.4 is 5.32 Å². The van der Waals surface area contributed by atoms with Crippen LogP contribution >= 0.6 is 0 Å². The molecular weight excluding hydrogens is 264 g/mol. The predicted molar refractivity (Wildman–Crippen MR) is 81.9 cm³/mol. The highest BCUT2D eigenvalue weighted by Crippen LogP contribution is 2.05. The van der Waals surface area contributed by atoms with Crippen molar-refractivity contribution >= 4 is 5.97 Å². The minimum atomic E-state index is -0.320. The Morgan fingerprint density at radius 1 is 1.14 bits per heavy atom. The number of nitrogens with one attached hydrogen (secondary N) is 1. The second kappa shape index (κ2) is 8.17. The van der Waals surface area contributed by atoms with E-state index in [0.717, 1.165) is 18.5 Å². The molecule has 1 unspecified atom stereocenters. The average Bonchev–Trinajstić information content (AvgIpc) is 2.55. The van der Waals surface area contributed by atoms with E-state index in [4.69, 9.17) is 4.74 Å². The highest BCUT2D eigenvalue weighted by atomic mass is 16.5. The zero-order valence-corrected chi connectivity index (χ0v) is 12.2.